The average Bonchev–Trinajstić information content (AvgIpc) is 3.14. The van der Waals surface area contributed by atoms with Gasteiger partial charge in [-0.25, -0.2) is 0 Å². The third kappa shape index (κ3) is 4.40. The Morgan fingerprint density at radius 2 is 2.00 bits per heavy atom. The van der Waals surface area contributed by atoms with Crippen LogP contribution in [0.25, 0.3) is 0 Å². The molecule has 0 amide bonds. The van der Waals surface area contributed by atoms with Crippen molar-refractivity contribution in [3.63, 3.8) is 0 Å². The van der Waals surface area contributed by atoms with Crippen LogP contribution < -0.4 is 5.32 Å². The van der Waals surface area contributed by atoms with Crippen LogP contribution >= 0.6 is 11.3 Å². The molecule has 0 bridgehead atoms. The minimum absolute atomic E-state index is 0.400. The summed E-state index contributed by atoms with van der Waals surface area (Å²) in [5, 5.41) is 14.6. The summed E-state index contributed by atoms with van der Waals surface area (Å²) in [5.41, 5.74) is 1.91. The van der Waals surface area contributed by atoms with E-state index >= 15 is 0 Å². The Labute approximate surface area is 141 Å². The zero-order chi connectivity index (χ0) is 15.9. The second-order valence-electron chi connectivity index (χ2n) is 5.62. The van der Waals surface area contributed by atoms with Crippen LogP contribution in [0.3, 0.4) is 0 Å². The highest BCUT2D eigenvalue weighted by Crippen LogP contribution is 2.25. The van der Waals surface area contributed by atoms with Gasteiger partial charge in [0.05, 0.1) is 30.9 Å². The van der Waals surface area contributed by atoms with Gasteiger partial charge in [-0.05, 0) is 29.1 Å². The zero-order valence-electron chi connectivity index (χ0n) is 13.1. The third-order valence-electron chi connectivity index (χ3n) is 4.11. The molecule has 2 aromatic rings. The Hall–Kier alpha value is -1.71. The van der Waals surface area contributed by atoms with E-state index in [2.05, 4.69) is 33.8 Å². The van der Waals surface area contributed by atoms with Gasteiger partial charge in [0.1, 0.15) is 0 Å². The molecular weight excluding hydrogens is 306 g/mol. The van der Waals surface area contributed by atoms with Crippen molar-refractivity contribution in [2.45, 2.75) is 12.6 Å². The van der Waals surface area contributed by atoms with E-state index in [0.29, 0.717) is 11.6 Å². The predicted molar refractivity (Wildman–Crippen MR) is 92.3 cm³/mol. The first-order valence-electron chi connectivity index (χ1n) is 7.92. The highest BCUT2D eigenvalue weighted by Gasteiger charge is 2.22. The fourth-order valence-electron chi connectivity index (χ4n) is 2.83. The molecule has 1 atom stereocenters. The second kappa shape index (κ2) is 8.23. The Balaban J connectivity index is 1.58. The predicted octanol–water partition coefficient (Wildman–Crippen LogP) is 2.78. The zero-order valence-corrected chi connectivity index (χ0v) is 13.9. The van der Waals surface area contributed by atoms with Gasteiger partial charge in [0.15, 0.2) is 0 Å². The molecule has 1 fully saturated rings. The molecule has 3 rings (SSSR count). The van der Waals surface area contributed by atoms with Crippen LogP contribution in [0.5, 0.6) is 0 Å². The summed E-state index contributed by atoms with van der Waals surface area (Å²) in [5.74, 6) is 0. The van der Waals surface area contributed by atoms with Gasteiger partial charge < -0.3 is 10.1 Å². The SMILES string of the molecule is N#Cc1ccc(CNC[C@H](c2cccs2)N2CCOCC2)cc1. The molecule has 1 aromatic heterocycles. The van der Waals surface area contributed by atoms with Crippen LogP contribution in [0.15, 0.2) is 41.8 Å². The van der Waals surface area contributed by atoms with Crippen LogP contribution in [0.4, 0.5) is 0 Å². The normalized spacial score (nSPS) is 16.8. The van der Waals surface area contributed by atoms with Crippen molar-refractivity contribution in [3.05, 3.63) is 57.8 Å². The second-order valence-corrected chi connectivity index (χ2v) is 6.60. The van der Waals surface area contributed by atoms with Crippen molar-refractivity contribution in [2.75, 3.05) is 32.8 Å². The average molecular weight is 327 g/mol. The fraction of sp³-hybridized carbons (Fsp3) is 0.389. The summed E-state index contributed by atoms with van der Waals surface area (Å²) >= 11 is 1.82. The lowest BCUT2D eigenvalue weighted by atomic mass is 10.1. The number of nitrogens with one attached hydrogen (secondary N) is 1. The van der Waals surface area contributed by atoms with E-state index in [1.165, 1.54) is 10.4 Å². The molecule has 2 heterocycles. The highest BCUT2D eigenvalue weighted by atomic mass is 32.1. The summed E-state index contributed by atoms with van der Waals surface area (Å²) in [6, 6.07) is 14.7. The van der Waals surface area contributed by atoms with Crippen LogP contribution in [-0.4, -0.2) is 37.7 Å². The van der Waals surface area contributed by atoms with Gasteiger partial charge in [0, 0.05) is 31.1 Å². The number of hydrogen-bond donors (Lipinski definition) is 1. The van der Waals surface area contributed by atoms with Crippen LogP contribution in [0, 0.1) is 11.3 Å². The summed E-state index contributed by atoms with van der Waals surface area (Å²) in [7, 11) is 0. The molecule has 0 unspecified atom stereocenters. The van der Waals surface area contributed by atoms with Crippen LogP contribution in [0.2, 0.25) is 0 Å². The fourth-order valence-corrected chi connectivity index (χ4v) is 3.69. The first kappa shape index (κ1) is 16.2. The molecule has 5 heteroatoms. The molecule has 1 N–H and O–H groups in total. The van der Waals surface area contributed by atoms with Crippen molar-refractivity contribution in [2.24, 2.45) is 0 Å². The molecular formula is C18H21N3OS. The topological polar surface area (TPSA) is 48.3 Å². The summed E-state index contributed by atoms with van der Waals surface area (Å²) in [6.45, 7) is 5.34. The standard InChI is InChI=1S/C18H21N3OS/c19-12-15-3-5-16(6-4-15)13-20-14-17(18-2-1-11-23-18)21-7-9-22-10-8-21/h1-6,11,17,20H,7-10,13-14H2/t17-/m1/s1. The number of rotatable bonds is 6. The number of nitriles is 1. The van der Waals surface area contributed by atoms with Crippen molar-refractivity contribution in [1.82, 2.24) is 10.2 Å². The van der Waals surface area contributed by atoms with E-state index in [4.69, 9.17) is 10.00 Å². The maximum Gasteiger partial charge on any atom is 0.0991 e. The van der Waals surface area contributed by atoms with E-state index in [0.717, 1.165) is 39.4 Å². The maximum absolute atomic E-state index is 8.85. The number of benzene rings is 1. The molecule has 1 aliphatic rings. The Bertz CT molecular complexity index is 627. The molecule has 1 aromatic carbocycles. The third-order valence-corrected chi connectivity index (χ3v) is 5.08. The molecule has 120 valence electrons. The van der Waals surface area contributed by atoms with Crippen molar-refractivity contribution < 1.29 is 4.74 Å². The number of hydrogen-bond acceptors (Lipinski definition) is 5. The van der Waals surface area contributed by atoms with Gasteiger partial charge in [0.2, 0.25) is 0 Å². The van der Waals surface area contributed by atoms with Gasteiger partial charge in [-0.15, -0.1) is 11.3 Å². The summed E-state index contributed by atoms with van der Waals surface area (Å²) < 4.78 is 5.48. The number of ether oxygens (including phenoxy) is 1. The maximum atomic E-state index is 8.85. The monoisotopic (exact) mass is 327 g/mol. The largest absolute Gasteiger partial charge is 0.379 e. The van der Waals surface area contributed by atoms with E-state index in [1.807, 2.05) is 35.6 Å². The van der Waals surface area contributed by atoms with Gasteiger partial charge in [-0.2, -0.15) is 5.26 Å². The molecule has 1 aliphatic heterocycles. The lowest BCUT2D eigenvalue weighted by molar-refractivity contribution is 0.0168. The van der Waals surface area contributed by atoms with Crippen LogP contribution in [-0.2, 0) is 11.3 Å². The Kier molecular flexibility index (Phi) is 5.78. The van der Waals surface area contributed by atoms with Crippen molar-refractivity contribution in [1.29, 1.82) is 5.26 Å². The lowest BCUT2D eigenvalue weighted by Crippen LogP contribution is -2.42. The van der Waals surface area contributed by atoms with Crippen molar-refractivity contribution >= 4 is 11.3 Å². The quantitative estimate of drug-likeness (QED) is 0.886. The minimum atomic E-state index is 0.400. The van der Waals surface area contributed by atoms with E-state index < -0.39 is 0 Å². The van der Waals surface area contributed by atoms with Gasteiger partial charge >= 0.3 is 0 Å². The van der Waals surface area contributed by atoms with Gasteiger partial charge in [-0.3, -0.25) is 4.90 Å². The van der Waals surface area contributed by atoms with Crippen molar-refractivity contribution in [3.8, 4) is 6.07 Å². The van der Waals surface area contributed by atoms with E-state index in [9.17, 15) is 0 Å². The molecule has 0 aliphatic carbocycles. The highest BCUT2D eigenvalue weighted by molar-refractivity contribution is 7.10. The first-order chi connectivity index (χ1) is 11.4. The molecule has 4 nitrogen and oxygen atoms in total. The Morgan fingerprint density at radius 3 is 2.65 bits per heavy atom. The molecule has 0 saturated carbocycles. The van der Waals surface area contributed by atoms with Gasteiger partial charge in [0.25, 0.3) is 0 Å². The number of morpholine rings is 1. The van der Waals surface area contributed by atoms with E-state index in [-0.39, 0.29) is 0 Å². The molecule has 23 heavy (non-hydrogen) atoms. The smallest absolute Gasteiger partial charge is 0.0991 e. The number of nitrogens with zero attached hydrogens (tertiary/aromatic N) is 2. The van der Waals surface area contributed by atoms with Gasteiger partial charge in [-0.1, -0.05) is 18.2 Å². The van der Waals surface area contributed by atoms with Crippen LogP contribution in [0.1, 0.15) is 22.0 Å². The minimum Gasteiger partial charge on any atom is -0.379 e. The molecule has 1 saturated heterocycles. The first-order valence-corrected chi connectivity index (χ1v) is 8.80. The summed E-state index contributed by atoms with van der Waals surface area (Å²) in [6.07, 6.45) is 0. The summed E-state index contributed by atoms with van der Waals surface area (Å²) in [4.78, 5) is 3.90. The molecule has 0 radical (unpaired) electrons. The van der Waals surface area contributed by atoms with E-state index in [1.54, 1.807) is 0 Å². The lowest BCUT2D eigenvalue weighted by Gasteiger charge is -2.34. The Morgan fingerprint density at radius 1 is 1.22 bits per heavy atom. The molecule has 0 spiro atoms. The number of thiophene rings is 1.